The molecule has 0 bridgehead atoms. The Balaban J connectivity index is 2.22. The van der Waals surface area contributed by atoms with Crippen molar-refractivity contribution in [1.29, 1.82) is 0 Å². The molecule has 1 amide bonds. The molecule has 21 heavy (non-hydrogen) atoms. The minimum Gasteiger partial charge on any atom is -0.338 e. The quantitative estimate of drug-likeness (QED) is 0.797. The van der Waals surface area contributed by atoms with Gasteiger partial charge >= 0.3 is 0 Å². The molecule has 4 nitrogen and oxygen atoms in total. The van der Waals surface area contributed by atoms with E-state index in [1.165, 1.54) is 12.1 Å². The summed E-state index contributed by atoms with van der Waals surface area (Å²) in [5.74, 6) is -0.124. The van der Waals surface area contributed by atoms with Crippen molar-refractivity contribution >= 4 is 25.6 Å². The Labute approximate surface area is 130 Å². The van der Waals surface area contributed by atoms with E-state index in [2.05, 4.69) is 13.8 Å². The number of rotatable bonds is 4. The third kappa shape index (κ3) is 3.40. The number of benzene rings is 1. The lowest BCUT2D eigenvalue weighted by atomic mass is 9.82. The zero-order chi connectivity index (χ0) is 15.7. The van der Waals surface area contributed by atoms with Crippen LogP contribution in [0.15, 0.2) is 29.2 Å². The van der Waals surface area contributed by atoms with Crippen molar-refractivity contribution < 1.29 is 13.2 Å². The van der Waals surface area contributed by atoms with Gasteiger partial charge < -0.3 is 4.90 Å². The number of halogens is 1. The Bertz CT molecular complexity index is 638. The van der Waals surface area contributed by atoms with Crippen LogP contribution in [0, 0.1) is 5.41 Å². The number of likely N-dealkylation sites (tertiary alicyclic amines) is 1. The molecule has 2 rings (SSSR count). The van der Waals surface area contributed by atoms with Gasteiger partial charge in [0.05, 0.1) is 4.90 Å². The number of hydrogen-bond donors (Lipinski definition) is 0. The van der Waals surface area contributed by atoms with Crippen LogP contribution in [0.25, 0.3) is 0 Å². The summed E-state index contributed by atoms with van der Waals surface area (Å²) >= 11 is 0. The van der Waals surface area contributed by atoms with Gasteiger partial charge in [-0.25, -0.2) is 8.42 Å². The maximum absolute atomic E-state index is 12.5. The average molecular weight is 330 g/mol. The number of hydrogen-bond acceptors (Lipinski definition) is 3. The largest absolute Gasteiger partial charge is 0.338 e. The van der Waals surface area contributed by atoms with E-state index in [1.54, 1.807) is 12.1 Å². The van der Waals surface area contributed by atoms with Gasteiger partial charge in [-0.05, 0) is 42.9 Å². The molecule has 0 radical (unpaired) electrons. The second-order valence-electron chi connectivity index (χ2n) is 5.65. The molecule has 1 fully saturated rings. The van der Waals surface area contributed by atoms with Crippen molar-refractivity contribution in [2.75, 3.05) is 13.1 Å². The molecule has 0 saturated carbocycles. The molecule has 1 saturated heterocycles. The van der Waals surface area contributed by atoms with Gasteiger partial charge in [0.15, 0.2) is 0 Å². The molecule has 0 N–H and O–H groups in total. The summed E-state index contributed by atoms with van der Waals surface area (Å²) in [4.78, 5) is 14.3. The summed E-state index contributed by atoms with van der Waals surface area (Å²) in [5, 5.41) is 0. The minimum absolute atomic E-state index is 0.0357. The molecule has 116 valence electrons. The fourth-order valence-electron chi connectivity index (χ4n) is 2.90. The molecule has 0 aromatic heterocycles. The molecule has 1 heterocycles. The van der Waals surface area contributed by atoms with Crippen molar-refractivity contribution in [3.8, 4) is 0 Å². The molecule has 0 atom stereocenters. The summed E-state index contributed by atoms with van der Waals surface area (Å²) in [6.07, 6.45) is 3.09. The van der Waals surface area contributed by atoms with Crippen LogP contribution in [0.4, 0.5) is 0 Å². The Morgan fingerprint density at radius 1 is 1.33 bits per heavy atom. The number of carbonyl (C=O) groups excluding carboxylic acids is 1. The minimum atomic E-state index is -3.81. The number of nitrogens with zero attached hydrogens (tertiary/aromatic N) is 1. The van der Waals surface area contributed by atoms with Crippen LogP contribution in [-0.4, -0.2) is 32.3 Å². The Kier molecular flexibility index (Phi) is 4.63. The van der Waals surface area contributed by atoms with Gasteiger partial charge in [-0.3, -0.25) is 4.79 Å². The summed E-state index contributed by atoms with van der Waals surface area (Å²) in [6.45, 7) is 5.76. The fourth-order valence-corrected chi connectivity index (χ4v) is 3.70. The topological polar surface area (TPSA) is 54.5 Å². The van der Waals surface area contributed by atoms with Crippen molar-refractivity contribution in [2.24, 2.45) is 5.41 Å². The van der Waals surface area contributed by atoms with E-state index in [9.17, 15) is 13.2 Å². The maximum atomic E-state index is 12.5. The van der Waals surface area contributed by atoms with Gasteiger partial charge in [-0.2, -0.15) is 0 Å². The summed E-state index contributed by atoms with van der Waals surface area (Å²) in [5.41, 5.74) is 0.575. The highest BCUT2D eigenvalue weighted by atomic mass is 35.7. The molecule has 1 aliphatic heterocycles. The summed E-state index contributed by atoms with van der Waals surface area (Å²) < 4.78 is 22.7. The van der Waals surface area contributed by atoms with E-state index < -0.39 is 9.05 Å². The van der Waals surface area contributed by atoms with Crippen LogP contribution in [0.5, 0.6) is 0 Å². The van der Waals surface area contributed by atoms with Gasteiger partial charge in [0.25, 0.3) is 15.0 Å². The van der Waals surface area contributed by atoms with Crippen LogP contribution in [0.1, 0.15) is 43.5 Å². The zero-order valence-corrected chi connectivity index (χ0v) is 13.9. The van der Waals surface area contributed by atoms with E-state index in [-0.39, 0.29) is 16.2 Å². The number of carbonyl (C=O) groups is 1. The van der Waals surface area contributed by atoms with Crippen molar-refractivity contribution in [3.63, 3.8) is 0 Å². The van der Waals surface area contributed by atoms with E-state index in [0.717, 1.165) is 32.4 Å². The average Bonchev–Trinajstić information content (AvgIpc) is 2.91. The Morgan fingerprint density at radius 2 is 2.00 bits per heavy atom. The highest BCUT2D eigenvalue weighted by Crippen LogP contribution is 2.37. The lowest BCUT2D eigenvalue weighted by molar-refractivity contribution is 0.0769. The second kappa shape index (κ2) is 5.97. The molecular formula is C15H20ClNO3S. The molecule has 1 aliphatic rings. The van der Waals surface area contributed by atoms with Crippen LogP contribution in [-0.2, 0) is 9.05 Å². The molecule has 1 aromatic rings. The standard InChI is InChI=1S/C15H20ClNO3S/c1-3-15(4-2)8-9-17(11-15)14(18)12-6-5-7-13(10-12)21(16,19)20/h5-7,10H,3-4,8-9,11H2,1-2H3. The first-order valence-electron chi connectivity index (χ1n) is 7.15. The van der Waals surface area contributed by atoms with Gasteiger partial charge in [0, 0.05) is 29.3 Å². The first-order chi connectivity index (χ1) is 9.81. The lowest BCUT2D eigenvalue weighted by Gasteiger charge is -2.26. The zero-order valence-electron chi connectivity index (χ0n) is 12.3. The predicted molar refractivity (Wildman–Crippen MR) is 83.0 cm³/mol. The van der Waals surface area contributed by atoms with Crippen LogP contribution in [0.2, 0.25) is 0 Å². The van der Waals surface area contributed by atoms with Gasteiger partial charge in [-0.1, -0.05) is 19.9 Å². The van der Waals surface area contributed by atoms with E-state index in [4.69, 9.17) is 10.7 Å². The third-order valence-electron chi connectivity index (χ3n) is 4.59. The highest BCUT2D eigenvalue weighted by Gasteiger charge is 2.37. The molecule has 0 aliphatic carbocycles. The Hall–Kier alpha value is -1.07. The fraction of sp³-hybridized carbons (Fsp3) is 0.533. The molecule has 1 aromatic carbocycles. The second-order valence-corrected chi connectivity index (χ2v) is 8.22. The SMILES string of the molecule is CCC1(CC)CCN(C(=O)c2cccc(S(=O)(=O)Cl)c2)C1. The van der Waals surface area contributed by atoms with Crippen LogP contribution >= 0.6 is 10.7 Å². The summed E-state index contributed by atoms with van der Waals surface area (Å²) in [7, 11) is 1.52. The highest BCUT2D eigenvalue weighted by molar-refractivity contribution is 8.13. The maximum Gasteiger partial charge on any atom is 0.261 e. The first-order valence-corrected chi connectivity index (χ1v) is 9.46. The first kappa shape index (κ1) is 16.3. The van der Waals surface area contributed by atoms with Crippen molar-refractivity contribution in [1.82, 2.24) is 4.90 Å². The lowest BCUT2D eigenvalue weighted by Crippen LogP contribution is -2.31. The van der Waals surface area contributed by atoms with Crippen molar-refractivity contribution in [3.05, 3.63) is 29.8 Å². The molecular weight excluding hydrogens is 310 g/mol. The third-order valence-corrected chi connectivity index (χ3v) is 5.94. The number of amides is 1. The van der Waals surface area contributed by atoms with Crippen molar-refractivity contribution in [2.45, 2.75) is 38.0 Å². The van der Waals surface area contributed by atoms with Gasteiger partial charge in [-0.15, -0.1) is 0 Å². The predicted octanol–water partition coefficient (Wildman–Crippen LogP) is 3.27. The van der Waals surface area contributed by atoms with Crippen LogP contribution in [0.3, 0.4) is 0 Å². The molecule has 6 heteroatoms. The van der Waals surface area contributed by atoms with Crippen LogP contribution < -0.4 is 0 Å². The van der Waals surface area contributed by atoms with E-state index in [0.29, 0.717) is 5.56 Å². The summed E-state index contributed by atoms with van der Waals surface area (Å²) in [6, 6.07) is 5.92. The monoisotopic (exact) mass is 329 g/mol. The van der Waals surface area contributed by atoms with Gasteiger partial charge in [0.1, 0.15) is 0 Å². The Morgan fingerprint density at radius 3 is 2.52 bits per heavy atom. The molecule has 0 unspecified atom stereocenters. The molecule has 0 spiro atoms. The van der Waals surface area contributed by atoms with E-state index in [1.807, 2.05) is 4.90 Å². The van der Waals surface area contributed by atoms with Gasteiger partial charge in [0.2, 0.25) is 0 Å². The van der Waals surface area contributed by atoms with E-state index >= 15 is 0 Å². The smallest absolute Gasteiger partial charge is 0.261 e. The normalized spacial score (nSPS) is 18.0.